The molecule has 0 saturated carbocycles. The summed E-state index contributed by atoms with van der Waals surface area (Å²) in [4.78, 5) is 13.0. The van der Waals surface area contributed by atoms with Gasteiger partial charge >= 0.3 is 6.18 Å². The minimum Gasteiger partial charge on any atom is -0.395 e. The minimum atomic E-state index is -4.67. The number of anilines is 1. The van der Waals surface area contributed by atoms with Gasteiger partial charge in [0.15, 0.2) is 11.3 Å². The Labute approximate surface area is 274 Å². The Morgan fingerprint density at radius 2 is 1.78 bits per heavy atom. The third-order valence-corrected chi connectivity index (χ3v) is 9.77. The standard InChI is InChI=1S/C24H27Cl2F3N6O.C6H6O3S/c1-14(18-5-4-17(25)9-19(18)26)35-23-21(22(32-35)24(27,28)29)30-10-20(31-23)34-12-16(13-34)15-3-2-6-33(11-15)7-8-36;7-10(8,9)6-4-2-1-3-5-6/h4-5,9-10,14-16,36H,2-3,6-8,11-13H2,1H3;1-5H,(H,7,8,9)/t14?,15-;/m0./s1. The quantitative estimate of drug-likeness (QED) is 0.229. The number of aliphatic hydroxyl groups excluding tert-OH is 1. The third kappa shape index (κ3) is 7.75. The Morgan fingerprint density at radius 1 is 1.07 bits per heavy atom. The van der Waals surface area contributed by atoms with Gasteiger partial charge in [0.1, 0.15) is 11.3 Å². The van der Waals surface area contributed by atoms with Crippen molar-refractivity contribution in [1.29, 1.82) is 0 Å². The van der Waals surface area contributed by atoms with E-state index >= 15 is 0 Å². The molecule has 0 aliphatic carbocycles. The number of hydrogen-bond donors (Lipinski definition) is 2. The summed E-state index contributed by atoms with van der Waals surface area (Å²) in [5, 5.41) is 13.9. The number of aliphatic hydroxyl groups is 1. The lowest BCUT2D eigenvalue weighted by Gasteiger charge is -2.47. The number of aromatic nitrogens is 4. The first-order valence-corrected chi connectivity index (χ1v) is 16.8. The topological polar surface area (TPSA) is 125 Å². The number of benzene rings is 2. The Morgan fingerprint density at radius 3 is 2.39 bits per heavy atom. The van der Waals surface area contributed by atoms with Crippen LogP contribution in [0, 0.1) is 11.8 Å². The fraction of sp³-hybridized carbons (Fsp3) is 0.433. The van der Waals surface area contributed by atoms with Gasteiger partial charge in [-0.05, 0) is 68.0 Å². The summed E-state index contributed by atoms with van der Waals surface area (Å²) in [6.45, 7) is 6.09. The lowest BCUT2D eigenvalue weighted by Crippen LogP contribution is -2.54. The van der Waals surface area contributed by atoms with E-state index in [-0.39, 0.29) is 22.7 Å². The lowest BCUT2D eigenvalue weighted by atomic mass is 9.80. The summed E-state index contributed by atoms with van der Waals surface area (Å²) < 4.78 is 71.9. The van der Waals surface area contributed by atoms with Gasteiger partial charge in [0.05, 0.1) is 23.7 Å². The fourth-order valence-corrected chi connectivity index (χ4v) is 6.96. The van der Waals surface area contributed by atoms with Crippen molar-refractivity contribution >= 4 is 50.3 Å². The van der Waals surface area contributed by atoms with Gasteiger partial charge in [0.2, 0.25) is 0 Å². The van der Waals surface area contributed by atoms with E-state index in [0.29, 0.717) is 39.8 Å². The highest BCUT2D eigenvalue weighted by Crippen LogP contribution is 2.38. The average Bonchev–Trinajstić information content (AvgIpc) is 3.37. The van der Waals surface area contributed by atoms with Crippen molar-refractivity contribution in [2.75, 3.05) is 44.2 Å². The second-order valence-electron chi connectivity index (χ2n) is 11.4. The van der Waals surface area contributed by atoms with Gasteiger partial charge in [-0.2, -0.15) is 26.7 Å². The van der Waals surface area contributed by atoms with Gasteiger partial charge in [0.25, 0.3) is 10.1 Å². The van der Waals surface area contributed by atoms with Crippen LogP contribution in [-0.2, 0) is 16.3 Å². The van der Waals surface area contributed by atoms with Gasteiger partial charge in [-0.15, -0.1) is 0 Å². The molecule has 2 aromatic heterocycles. The molecule has 2 aromatic carbocycles. The molecule has 248 valence electrons. The van der Waals surface area contributed by atoms with Crippen LogP contribution in [0.15, 0.2) is 59.6 Å². The van der Waals surface area contributed by atoms with Crippen LogP contribution in [0.5, 0.6) is 0 Å². The molecule has 6 rings (SSSR count). The molecular formula is C30H33Cl2F3N6O4S. The molecule has 0 radical (unpaired) electrons. The molecular weight excluding hydrogens is 668 g/mol. The van der Waals surface area contributed by atoms with Crippen molar-refractivity contribution in [2.24, 2.45) is 11.8 Å². The molecule has 4 aromatic rings. The van der Waals surface area contributed by atoms with Crippen molar-refractivity contribution in [2.45, 2.75) is 36.9 Å². The Kier molecular flexibility index (Phi) is 10.4. The molecule has 2 atom stereocenters. The fourth-order valence-electron chi connectivity index (χ4n) is 5.90. The van der Waals surface area contributed by atoms with Crippen LogP contribution in [0.3, 0.4) is 0 Å². The summed E-state index contributed by atoms with van der Waals surface area (Å²) >= 11 is 12.3. The van der Waals surface area contributed by atoms with E-state index in [0.717, 1.165) is 39.0 Å². The van der Waals surface area contributed by atoms with E-state index in [2.05, 4.69) is 20.0 Å². The van der Waals surface area contributed by atoms with Gasteiger partial charge < -0.3 is 14.9 Å². The van der Waals surface area contributed by atoms with E-state index in [1.54, 1.807) is 43.3 Å². The minimum absolute atomic E-state index is 0.0635. The third-order valence-electron chi connectivity index (χ3n) is 8.34. The number of alkyl halides is 3. The smallest absolute Gasteiger partial charge is 0.395 e. The number of likely N-dealkylation sites (tertiary alicyclic amines) is 1. The molecule has 0 bridgehead atoms. The maximum absolute atomic E-state index is 13.8. The van der Waals surface area contributed by atoms with Crippen molar-refractivity contribution in [3.05, 3.63) is 76.0 Å². The molecule has 4 heterocycles. The summed E-state index contributed by atoms with van der Waals surface area (Å²) in [7, 11) is -4.00. The number of nitrogens with zero attached hydrogens (tertiary/aromatic N) is 6. The second kappa shape index (κ2) is 14.0. The largest absolute Gasteiger partial charge is 0.437 e. The molecule has 2 aliphatic rings. The maximum atomic E-state index is 13.8. The molecule has 46 heavy (non-hydrogen) atoms. The highest BCUT2D eigenvalue weighted by Gasteiger charge is 2.40. The zero-order valence-corrected chi connectivity index (χ0v) is 27.1. The van der Waals surface area contributed by atoms with Crippen molar-refractivity contribution < 1.29 is 31.2 Å². The Hall–Kier alpha value is -3.01. The zero-order valence-electron chi connectivity index (χ0n) is 24.8. The van der Waals surface area contributed by atoms with Gasteiger partial charge in [-0.1, -0.05) is 47.5 Å². The molecule has 16 heteroatoms. The zero-order chi connectivity index (χ0) is 33.2. The summed E-state index contributed by atoms with van der Waals surface area (Å²) in [6, 6.07) is 11.7. The molecule has 2 fully saturated rings. The van der Waals surface area contributed by atoms with Crippen LogP contribution in [0.25, 0.3) is 11.2 Å². The van der Waals surface area contributed by atoms with Crippen LogP contribution < -0.4 is 4.90 Å². The predicted molar refractivity (Wildman–Crippen MR) is 169 cm³/mol. The Balaban J connectivity index is 0.000000356. The number of β-amino-alcohol motifs (C(OH)–C–C–N with tert-alkyl or cyclic N) is 1. The van der Waals surface area contributed by atoms with E-state index in [1.807, 2.05) is 4.90 Å². The number of halogens is 5. The molecule has 0 amide bonds. The highest BCUT2D eigenvalue weighted by molar-refractivity contribution is 7.85. The monoisotopic (exact) mass is 700 g/mol. The summed E-state index contributed by atoms with van der Waals surface area (Å²) in [6.07, 6.45) is -1.02. The molecule has 0 spiro atoms. The van der Waals surface area contributed by atoms with Gasteiger partial charge in [0, 0.05) is 36.2 Å². The summed E-state index contributed by atoms with van der Waals surface area (Å²) in [5.41, 5.74) is -0.706. The van der Waals surface area contributed by atoms with E-state index in [9.17, 15) is 26.7 Å². The van der Waals surface area contributed by atoms with Crippen LogP contribution in [0.1, 0.15) is 37.1 Å². The van der Waals surface area contributed by atoms with E-state index < -0.39 is 28.0 Å². The lowest BCUT2D eigenvalue weighted by molar-refractivity contribution is -0.140. The Bertz CT molecular complexity index is 1770. The van der Waals surface area contributed by atoms with Crippen LogP contribution in [0.2, 0.25) is 10.0 Å². The van der Waals surface area contributed by atoms with Crippen LogP contribution in [0.4, 0.5) is 19.0 Å². The van der Waals surface area contributed by atoms with Crippen LogP contribution >= 0.6 is 23.2 Å². The maximum Gasteiger partial charge on any atom is 0.437 e. The number of rotatable bonds is 7. The molecule has 2 N–H and O–H groups in total. The molecule has 2 saturated heterocycles. The molecule has 1 unspecified atom stereocenters. The van der Waals surface area contributed by atoms with Gasteiger partial charge in [-0.3, -0.25) is 4.55 Å². The SMILES string of the molecule is CC(c1ccc(Cl)cc1Cl)n1nc(C(F)(F)F)c2ncc(N3CC([C@H]4CCCN(CCO)C4)C3)nc21.O=S(=O)(O)c1ccccc1. The van der Waals surface area contributed by atoms with Crippen molar-refractivity contribution in [3.63, 3.8) is 0 Å². The number of fused-ring (bicyclic) bond motifs is 1. The average molecular weight is 702 g/mol. The molecule has 10 nitrogen and oxygen atoms in total. The van der Waals surface area contributed by atoms with Gasteiger partial charge in [-0.25, -0.2) is 14.6 Å². The second-order valence-corrected chi connectivity index (χ2v) is 13.7. The van der Waals surface area contributed by atoms with Crippen LogP contribution in [-0.4, -0.2) is 82.1 Å². The molecule has 2 aliphatic heterocycles. The first-order valence-electron chi connectivity index (χ1n) is 14.6. The van der Waals surface area contributed by atoms with E-state index in [4.69, 9.17) is 27.8 Å². The number of hydrogen-bond acceptors (Lipinski definition) is 8. The first kappa shape index (κ1) is 34.3. The normalized spacial score (nSPS) is 18.6. The summed E-state index contributed by atoms with van der Waals surface area (Å²) in [5.74, 6) is 1.55. The first-order chi connectivity index (χ1) is 21.8. The highest BCUT2D eigenvalue weighted by atomic mass is 35.5. The predicted octanol–water partition coefficient (Wildman–Crippen LogP) is 5.84. The van der Waals surface area contributed by atoms with E-state index in [1.165, 1.54) is 23.0 Å². The van der Waals surface area contributed by atoms with Crippen molar-refractivity contribution in [3.8, 4) is 0 Å². The van der Waals surface area contributed by atoms with Crippen molar-refractivity contribution in [1.82, 2.24) is 24.6 Å². The number of piperidine rings is 1.